The summed E-state index contributed by atoms with van der Waals surface area (Å²) in [6, 6.07) is -0.177. The van der Waals surface area contributed by atoms with Crippen molar-refractivity contribution in [2.45, 2.75) is 39.7 Å². The Morgan fingerprint density at radius 3 is 2.53 bits per heavy atom. The second kappa shape index (κ2) is 6.89. The predicted octanol–water partition coefficient (Wildman–Crippen LogP) is 0.720. The highest BCUT2D eigenvalue weighted by Gasteiger charge is 2.31. The van der Waals surface area contributed by atoms with E-state index in [9.17, 15) is 9.59 Å². The van der Waals surface area contributed by atoms with E-state index < -0.39 is 0 Å². The van der Waals surface area contributed by atoms with Gasteiger partial charge in [-0.15, -0.1) is 0 Å². The first-order valence-corrected chi connectivity index (χ1v) is 7.04. The van der Waals surface area contributed by atoms with E-state index >= 15 is 0 Å². The molecule has 1 aliphatic heterocycles. The van der Waals surface area contributed by atoms with Crippen LogP contribution in [0.5, 0.6) is 0 Å². The Balaban J connectivity index is 2.64. The molecule has 2 unspecified atom stereocenters. The Kier molecular flexibility index (Phi) is 5.79. The van der Waals surface area contributed by atoms with Gasteiger partial charge in [-0.3, -0.25) is 9.59 Å². The van der Waals surface area contributed by atoms with Crippen LogP contribution in [0.15, 0.2) is 0 Å². The summed E-state index contributed by atoms with van der Waals surface area (Å²) >= 11 is 0. The topological polar surface area (TPSA) is 60.9 Å². The summed E-state index contributed by atoms with van der Waals surface area (Å²) in [6.45, 7) is 6.81. The molecular weight excluding hydrogens is 244 g/mol. The van der Waals surface area contributed by atoms with E-state index in [4.69, 9.17) is 5.11 Å². The van der Waals surface area contributed by atoms with E-state index in [1.54, 1.807) is 16.8 Å². The Morgan fingerprint density at radius 2 is 2.00 bits per heavy atom. The molecule has 0 spiro atoms. The molecule has 5 nitrogen and oxygen atoms in total. The first-order valence-electron chi connectivity index (χ1n) is 7.04. The highest BCUT2D eigenvalue weighted by Crippen LogP contribution is 2.20. The van der Waals surface area contributed by atoms with Crippen LogP contribution in [-0.2, 0) is 9.59 Å². The number of piperidine rings is 1. The minimum atomic E-state index is -0.177. The van der Waals surface area contributed by atoms with Crippen LogP contribution in [-0.4, -0.2) is 59.5 Å². The van der Waals surface area contributed by atoms with Crippen LogP contribution >= 0.6 is 0 Å². The molecule has 1 heterocycles. The van der Waals surface area contributed by atoms with Gasteiger partial charge in [0.15, 0.2) is 0 Å². The summed E-state index contributed by atoms with van der Waals surface area (Å²) in [7, 11) is 1.71. The molecule has 1 saturated heterocycles. The molecule has 19 heavy (non-hydrogen) atoms. The normalized spacial score (nSPS) is 21.4. The lowest BCUT2D eigenvalue weighted by Crippen LogP contribution is -2.49. The van der Waals surface area contributed by atoms with E-state index in [0.29, 0.717) is 6.54 Å². The van der Waals surface area contributed by atoms with Gasteiger partial charge in [0.2, 0.25) is 11.8 Å². The Morgan fingerprint density at radius 1 is 1.37 bits per heavy atom. The number of amides is 2. The van der Waals surface area contributed by atoms with Gasteiger partial charge in [-0.2, -0.15) is 0 Å². The molecular formula is C14H26N2O3. The molecule has 0 aromatic rings. The summed E-state index contributed by atoms with van der Waals surface area (Å²) < 4.78 is 0. The van der Waals surface area contributed by atoms with Crippen LogP contribution < -0.4 is 0 Å². The van der Waals surface area contributed by atoms with Crippen molar-refractivity contribution in [3.8, 4) is 0 Å². The van der Waals surface area contributed by atoms with Crippen molar-refractivity contribution in [2.75, 3.05) is 26.7 Å². The number of carbonyl (C=O) groups is 2. The zero-order chi connectivity index (χ0) is 14.6. The molecule has 1 rings (SSSR count). The summed E-state index contributed by atoms with van der Waals surface area (Å²) in [5, 5.41) is 9.11. The zero-order valence-electron chi connectivity index (χ0n) is 12.4. The largest absolute Gasteiger partial charge is 0.394 e. The first kappa shape index (κ1) is 16.0. The van der Waals surface area contributed by atoms with Gasteiger partial charge in [0.05, 0.1) is 18.6 Å². The number of carbonyl (C=O) groups excluding carboxylic acids is 2. The van der Waals surface area contributed by atoms with Crippen molar-refractivity contribution in [3.05, 3.63) is 0 Å². The van der Waals surface area contributed by atoms with E-state index in [2.05, 4.69) is 0 Å². The van der Waals surface area contributed by atoms with Crippen molar-refractivity contribution >= 4 is 11.8 Å². The fourth-order valence-corrected chi connectivity index (χ4v) is 2.37. The van der Waals surface area contributed by atoms with Gasteiger partial charge < -0.3 is 14.9 Å². The molecule has 0 aliphatic carbocycles. The van der Waals surface area contributed by atoms with E-state index in [-0.39, 0.29) is 36.3 Å². The molecule has 0 radical (unpaired) electrons. The molecule has 0 bridgehead atoms. The number of hydrogen-bond donors (Lipinski definition) is 1. The third kappa shape index (κ3) is 3.93. The second-order valence-corrected chi connectivity index (χ2v) is 5.76. The Hall–Kier alpha value is -1.10. The van der Waals surface area contributed by atoms with Crippen LogP contribution in [0.25, 0.3) is 0 Å². The highest BCUT2D eigenvalue weighted by molar-refractivity contribution is 5.82. The number of rotatable bonds is 4. The zero-order valence-corrected chi connectivity index (χ0v) is 12.4. The van der Waals surface area contributed by atoms with Crippen LogP contribution in [0, 0.1) is 11.8 Å². The molecule has 1 N–H and O–H groups in total. The van der Waals surface area contributed by atoms with Gasteiger partial charge in [0.1, 0.15) is 0 Å². The molecule has 5 heteroatoms. The third-order valence-corrected chi connectivity index (χ3v) is 3.85. The summed E-state index contributed by atoms with van der Waals surface area (Å²) in [6.07, 6.45) is 1.69. The number of hydrogen-bond acceptors (Lipinski definition) is 3. The molecule has 0 aromatic carbocycles. The smallest absolute Gasteiger partial charge is 0.227 e. The van der Waals surface area contributed by atoms with Crippen molar-refractivity contribution in [2.24, 2.45) is 11.8 Å². The maximum absolute atomic E-state index is 12.3. The SMILES string of the molecule is CC(C)C(=O)N1CCCC(C(=O)N(C)C(C)CO)C1. The van der Waals surface area contributed by atoms with Crippen molar-refractivity contribution < 1.29 is 14.7 Å². The monoisotopic (exact) mass is 270 g/mol. The summed E-state index contributed by atoms with van der Waals surface area (Å²) in [5.74, 6) is -0.00318. The fourth-order valence-electron chi connectivity index (χ4n) is 2.37. The van der Waals surface area contributed by atoms with Crippen molar-refractivity contribution in [1.29, 1.82) is 0 Å². The molecule has 1 fully saturated rings. The standard InChI is InChI=1S/C14H26N2O3/c1-10(2)13(18)16-7-5-6-12(8-16)14(19)15(4)11(3)9-17/h10-12,17H,5-9H2,1-4H3. The molecule has 0 saturated carbocycles. The summed E-state index contributed by atoms with van der Waals surface area (Å²) in [4.78, 5) is 27.7. The average Bonchev–Trinajstić information content (AvgIpc) is 2.43. The van der Waals surface area contributed by atoms with Gasteiger partial charge in [-0.25, -0.2) is 0 Å². The third-order valence-electron chi connectivity index (χ3n) is 3.85. The first-order chi connectivity index (χ1) is 8.88. The van der Waals surface area contributed by atoms with Crippen LogP contribution in [0.2, 0.25) is 0 Å². The molecule has 1 aliphatic rings. The van der Waals surface area contributed by atoms with Gasteiger partial charge >= 0.3 is 0 Å². The quantitative estimate of drug-likeness (QED) is 0.819. The number of likely N-dealkylation sites (N-methyl/N-ethyl adjacent to an activating group) is 1. The number of nitrogens with zero attached hydrogens (tertiary/aromatic N) is 2. The predicted molar refractivity (Wildman–Crippen MR) is 73.5 cm³/mol. The van der Waals surface area contributed by atoms with Crippen LogP contribution in [0.3, 0.4) is 0 Å². The lowest BCUT2D eigenvalue weighted by molar-refractivity contribution is -0.143. The van der Waals surface area contributed by atoms with E-state index in [1.807, 2.05) is 20.8 Å². The minimum Gasteiger partial charge on any atom is -0.394 e. The highest BCUT2D eigenvalue weighted by atomic mass is 16.3. The molecule has 2 amide bonds. The summed E-state index contributed by atoms with van der Waals surface area (Å²) in [5.41, 5.74) is 0. The van der Waals surface area contributed by atoms with Crippen LogP contribution in [0.4, 0.5) is 0 Å². The van der Waals surface area contributed by atoms with Crippen LogP contribution in [0.1, 0.15) is 33.6 Å². The lowest BCUT2D eigenvalue weighted by Gasteiger charge is -2.36. The van der Waals surface area contributed by atoms with Gasteiger partial charge in [0, 0.05) is 26.1 Å². The fraction of sp³-hybridized carbons (Fsp3) is 0.857. The van der Waals surface area contributed by atoms with E-state index in [1.165, 1.54) is 0 Å². The minimum absolute atomic E-state index is 0.0250. The lowest BCUT2D eigenvalue weighted by atomic mass is 9.95. The second-order valence-electron chi connectivity index (χ2n) is 5.76. The Bertz CT molecular complexity index is 331. The maximum Gasteiger partial charge on any atom is 0.227 e. The number of aliphatic hydroxyl groups is 1. The van der Waals surface area contributed by atoms with E-state index in [0.717, 1.165) is 19.4 Å². The molecule has 110 valence electrons. The molecule has 2 atom stereocenters. The van der Waals surface area contributed by atoms with Crippen molar-refractivity contribution in [1.82, 2.24) is 9.80 Å². The Labute approximate surface area is 115 Å². The van der Waals surface area contributed by atoms with Gasteiger partial charge in [-0.05, 0) is 19.8 Å². The maximum atomic E-state index is 12.3. The van der Waals surface area contributed by atoms with Gasteiger partial charge in [-0.1, -0.05) is 13.8 Å². The number of likely N-dealkylation sites (tertiary alicyclic amines) is 1. The molecule has 0 aromatic heterocycles. The average molecular weight is 270 g/mol. The number of aliphatic hydroxyl groups excluding tert-OH is 1. The van der Waals surface area contributed by atoms with Gasteiger partial charge in [0.25, 0.3) is 0 Å². The van der Waals surface area contributed by atoms with Crippen molar-refractivity contribution in [3.63, 3.8) is 0 Å².